The first kappa shape index (κ1) is 27.9. The highest BCUT2D eigenvalue weighted by Crippen LogP contribution is 2.63. The summed E-state index contributed by atoms with van der Waals surface area (Å²) in [6, 6.07) is -2.04. The lowest BCUT2D eigenvalue weighted by Gasteiger charge is -2.59. The number of hydrogen-bond acceptors (Lipinski definition) is 8. The van der Waals surface area contributed by atoms with Gasteiger partial charge in [0.05, 0.1) is 17.9 Å². The molecule has 0 heterocycles. The number of aliphatic carboxylic acids is 1. The van der Waals surface area contributed by atoms with Crippen LogP contribution in [0.2, 0.25) is 0 Å². The van der Waals surface area contributed by atoms with Crippen LogP contribution < -0.4 is 5.73 Å². The molecule has 39 heavy (non-hydrogen) atoms. The van der Waals surface area contributed by atoms with Crippen molar-refractivity contribution in [1.82, 2.24) is 4.90 Å². The summed E-state index contributed by atoms with van der Waals surface area (Å²) in [6.07, 6.45) is 12.1. The lowest BCUT2D eigenvalue weighted by atomic mass is 9.48. The third kappa shape index (κ3) is 5.05. The van der Waals surface area contributed by atoms with Crippen LogP contribution in [-0.4, -0.2) is 64.5 Å². The molecule has 8 bridgehead atoms. The molecule has 8 nitrogen and oxygen atoms in total. The zero-order valence-electron chi connectivity index (χ0n) is 22.8. The van der Waals surface area contributed by atoms with Gasteiger partial charge in [0.15, 0.2) is 0 Å². The fraction of sp³-hybridized carbons (Fsp3) is 0.862. The van der Waals surface area contributed by atoms with Gasteiger partial charge in [0.25, 0.3) is 0 Å². The maximum Gasteiger partial charge on any atom is 0.329 e. The number of ether oxygens (including phenoxy) is 1. The topological polar surface area (TPSA) is 127 Å². The van der Waals surface area contributed by atoms with Crippen LogP contribution in [0.15, 0.2) is 0 Å². The minimum atomic E-state index is -1.08. The third-order valence-electron chi connectivity index (χ3n) is 11.1. The zero-order chi connectivity index (χ0) is 27.5. The number of rotatable bonds is 10. The van der Waals surface area contributed by atoms with Crippen LogP contribution in [0.4, 0.5) is 0 Å². The average molecular weight is 579 g/mol. The number of carboxylic acid groups (broad SMARTS) is 1. The monoisotopic (exact) mass is 578 g/mol. The van der Waals surface area contributed by atoms with E-state index < -0.39 is 34.9 Å². The molecule has 0 unspecified atom stereocenters. The van der Waals surface area contributed by atoms with Crippen LogP contribution in [-0.2, 0) is 23.9 Å². The lowest BCUT2D eigenvalue weighted by molar-refractivity contribution is -0.181. The number of amides is 2. The fourth-order valence-electron chi connectivity index (χ4n) is 10.3. The summed E-state index contributed by atoms with van der Waals surface area (Å²) in [7, 11) is 3.87. The van der Waals surface area contributed by atoms with Gasteiger partial charge in [-0.1, -0.05) is 21.6 Å². The predicted octanol–water partition coefficient (Wildman–Crippen LogP) is 4.11. The van der Waals surface area contributed by atoms with Crippen LogP contribution >= 0.6 is 21.6 Å². The van der Waals surface area contributed by atoms with Crippen molar-refractivity contribution in [3.8, 4) is 0 Å². The van der Waals surface area contributed by atoms with Crippen molar-refractivity contribution in [1.29, 1.82) is 0 Å². The normalized spacial score (nSPS) is 40.8. The molecule has 8 saturated carbocycles. The van der Waals surface area contributed by atoms with Crippen molar-refractivity contribution in [3.05, 3.63) is 0 Å². The molecule has 2 atom stereocenters. The smallest absolute Gasteiger partial charge is 0.329 e. The highest BCUT2D eigenvalue weighted by atomic mass is 33.1. The van der Waals surface area contributed by atoms with Gasteiger partial charge in [-0.3, -0.25) is 19.3 Å². The van der Waals surface area contributed by atoms with E-state index in [0.29, 0.717) is 35.5 Å². The molecule has 0 saturated heterocycles. The third-order valence-corrected chi connectivity index (χ3v) is 13.5. The molecule has 216 valence electrons. The first-order valence-corrected chi connectivity index (χ1v) is 17.3. The summed E-state index contributed by atoms with van der Waals surface area (Å²) in [6.45, 7) is 0. The number of carbonyl (C=O) groups is 4. The molecule has 0 spiro atoms. The highest BCUT2D eigenvalue weighted by Gasteiger charge is 2.61. The Morgan fingerprint density at radius 2 is 1.13 bits per heavy atom. The van der Waals surface area contributed by atoms with E-state index in [4.69, 9.17) is 15.6 Å². The molecule has 0 aliphatic heterocycles. The van der Waals surface area contributed by atoms with E-state index >= 15 is 0 Å². The maximum absolute atomic E-state index is 14.8. The van der Waals surface area contributed by atoms with Crippen LogP contribution in [0.3, 0.4) is 0 Å². The van der Waals surface area contributed by atoms with Gasteiger partial charge in [0.2, 0.25) is 11.8 Å². The Morgan fingerprint density at radius 1 is 0.769 bits per heavy atom. The van der Waals surface area contributed by atoms with Crippen molar-refractivity contribution in [3.63, 3.8) is 0 Å². The van der Waals surface area contributed by atoms with E-state index in [9.17, 15) is 19.2 Å². The lowest BCUT2D eigenvalue weighted by Crippen LogP contribution is -2.64. The second-order valence-corrected chi connectivity index (χ2v) is 16.5. The fourth-order valence-corrected chi connectivity index (χ4v) is 12.6. The Hall–Kier alpha value is -1.26. The number of carbonyl (C=O) groups excluding carboxylic acids is 3. The predicted molar refractivity (Wildman–Crippen MR) is 149 cm³/mol. The summed E-state index contributed by atoms with van der Waals surface area (Å²) in [4.78, 5) is 55.5. The van der Waals surface area contributed by atoms with E-state index in [1.54, 1.807) is 0 Å². The molecule has 8 fully saturated rings. The first-order chi connectivity index (χ1) is 18.6. The van der Waals surface area contributed by atoms with Gasteiger partial charge in [-0.15, -0.1) is 0 Å². The van der Waals surface area contributed by atoms with Crippen molar-refractivity contribution >= 4 is 45.3 Å². The van der Waals surface area contributed by atoms with E-state index in [0.717, 1.165) is 38.5 Å². The summed E-state index contributed by atoms with van der Waals surface area (Å²) >= 11 is 0. The molecular weight excluding hydrogens is 536 g/mol. The Morgan fingerprint density at radius 3 is 1.46 bits per heavy atom. The largest absolute Gasteiger partial charge is 0.480 e. The quantitative estimate of drug-likeness (QED) is 0.170. The molecule has 0 radical (unpaired) electrons. The van der Waals surface area contributed by atoms with Gasteiger partial charge < -0.3 is 15.6 Å². The Labute approximate surface area is 238 Å². The van der Waals surface area contributed by atoms with Crippen molar-refractivity contribution < 1.29 is 29.0 Å². The molecule has 8 rings (SSSR count). The maximum atomic E-state index is 14.8. The van der Waals surface area contributed by atoms with Crippen LogP contribution in [0.5, 0.6) is 0 Å². The number of nitrogens with two attached hydrogens (primary N) is 1. The van der Waals surface area contributed by atoms with Crippen LogP contribution in [0.25, 0.3) is 0 Å². The van der Waals surface area contributed by atoms with E-state index in [1.165, 1.54) is 72.1 Å². The van der Waals surface area contributed by atoms with Crippen molar-refractivity contribution in [2.24, 2.45) is 52.1 Å². The zero-order valence-corrected chi connectivity index (χ0v) is 24.5. The standard InChI is InChI=1S/C29H42N2O6S2/c1-37-25(34)23(15-39-38-14-22(30)24(32)33)31(26(35)28-8-16-2-17(9-28)4-18(3-16)10-28)27(36)29-11-19-5-20(12-29)7-21(6-19)13-29/h16-23H,2-15,30H2,1H3,(H,32,33)/t16?,17?,18?,19?,20?,21?,22-,23-,28?,29?/m0/s1. The molecular formula is C29H42N2O6S2. The van der Waals surface area contributed by atoms with Gasteiger partial charge in [0.1, 0.15) is 12.1 Å². The SMILES string of the molecule is COC(=O)[C@H](CSSC[C@H](N)C(=O)O)N(C(=O)C12CC3CC(CC(C3)C1)C2)C(=O)C12CC3CC(CC(C3)C1)C2. The summed E-state index contributed by atoms with van der Waals surface area (Å²) < 4.78 is 5.22. The van der Waals surface area contributed by atoms with Crippen molar-refractivity contribution in [2.45, 2.75) is 89.1 Å². The van der Waals surface area contributed by atoms with Gasteiger partial charge in [-0.25, -0.2) is 4.79 Å². The summed E-state index contributed by atoms with van der Waals surface area (Å²) in [5.41, 5.74) is 4.56. The number of esters is 1. The summed E-state index contributed by atoms with van der Waals surface area (Å²) in [5, 5.41) is 9.13. The van der Waals surface area contributed by atoms with Gasteiger partial charge >= 0.3 is 11.9 Å². The van der Waals surface area contributed by atoms with E-state index in [2.05, 4.69) is 0 Å². The molecule has 2 amide bonds. The molecule has 8 aliphatic carbocycles. The number of nitrogens with zero attached hydrogens (tertiary/aromatic N) is 1. The van der Waals surface area contributed by atoms with Crippen molar-refractivity contribution in [2.75, 3.05) is 18.6 Å². The second kappa shape index (κ2) is 10.5. The molecule has 0 aromatic heterocycles. The van der Waals surface area contributed by atoms with Gasteiger partial charge in [0, 0.05) is 11.5 Å². The number of methoxy groups -OCH3 is 1. The summed E-state index contributed by atoms with van der Waals surface area (Å²) in [5.74, 6) is 1.64. The number of imide groups is 1. The Bertz CT molecular complexity index is 907. The molecule has 3 N–H and O–H groups in total. The molecule has 0 aromatic rings. The minimum Gasteiger partial charge on any atom is -0.480 e. The van der Waals surface area contributed by atoms with E-state index in [1.807, 2.05) is 0 Å². The molecule has 8 aliphatic rings. The number of carboxylic acids is 1. The van der Waals surface area contributed by atoms with Crippen LogP contribution in [0, 0.1) is 46.3 Å². The van der Waals surface area contributed by atoms with E-state index in [-0.39, 0.29) is 23.3 Å². The Balaban J connectivity index is 1.31. The highest BCUT2D eigenvalue weighted by molar-refractivity contribution is 8.76. The average Bonchev–Trinajstić information content (AvgIpc) is 2.87. The second-order valence-electron chi connectivity index (χ2n) is 13.9. The molecule has 0 aromatic carbocycles. The van der Waals surface area contributed by atoms with Gasteiger partial charge in [-0.2, -0.15) is 0 Å². The van der Waals surface area contributed by atoms with Crippen LogP contribution in [0.1, 0.15) is 77.0 Å². The molecule has 10 heteroatoms. The first-order valence-electron chi connectivity index (χ1n) is 14.8. The Kier molecular flexibility index (Phi) is 7.53. The minimum absolute atomic E-state index is 0.134. The number of hydrogen-bond donors (Lipinski definition) is 2. The van der Waals surface area contributed by atoms with Gasteiger partial charge in [-0.05, 0) is 113 Å².